The summed E-state index contributed by atoms with van der Waals surface area (Å²) in [7, 11) is 0. The Bertz CT molecular complexity index is 693. The lowest BCUT2D eigenvalue weighted by Crippen LogP contribution is -2.28. The van der Waals surface area contributed by atoms with Crippen molar-refractivity contribution in [1.29, 1.82) is 0 Å². The number of aromatic amines is 1. The number of rotatable bonds is 3. The molecular formula is C15H16N2O2S. The number of nitrogens with one attached hydrogen (secondary N) is 2. The van der Waals surface area contributed by atoms with E-state index in [4.69, 9.17) is 0 Å². The third-order valence-corrected chi connectivity index (χ3v) is 4.76. The van der Waals surface area contributed by atoms with Gasteiger partial charge in [0.05, 0.1) is 6.54 Å². The predicted octanol–water partition coefficient (Wildman–Crippen LogP) is 2.16. The lowest BCUT2D eigenvalue weighted by molar-refractivity contribution is 0.0950. The zero-order valence-corrected chi connectivity index (χ0v) is 12.1. The van der Waals surface area contributed by atoms with Crippen molar-refractivity contribution < 1.29 is 4.79 Å². The second-order valence-corrected chi connectivity index (χ2v) is 6.31. The number of H-pyrrole nitrogens is 1. The van der Waals surface area contributed by atoms with E-state index in [0.717, 1.165) is 23.4 Å². The zero-order valence-electron chi connectivity index (χ0n) is 11.3. The highest BCUT2D eigenvalue weighted by Crippen LogP contribution is 2.30. The molecule has 0 bridgehead atoms. The van der Waals surface area contributed by atoms with Crippen molar-refractivity contribution in [3.8, 4) is 0 Å². The number of carbonyl (C=O) groups excluding carboxylic acids is 1. The highest BCUT2D eigenvalue weighted by atomic mass is 32.1. The molecule has 0 spiro atoms. The number of hydrogen-bond donors (Lipinski definition) is 2. The summed E-state index contributed by atoms with van der Waals surface area (Å²) in [6.07, 6.45) is 5.02. The minimum Gasteiger partial charge on any atom is -0.364 e. The second kappa shape index (κ2) is 5.25. The standard InChI is InChI=1S/C15H16N2O2S/c1-9-5-13(18)12(8-16-9)15(19)17-7-11-6-10-3-2-4-14(10)20-11/h5-6,8H,2-4,7H2,1H3,(H,16,18)(H,17,19). The van der Waals surface area contributed by atoms with Crippen LogP contribution in [0.25, 0.3) is 0 Å². The fourth-order valence-corrected chi connectivity index (χ4v) is 3.69. The molecule has 1 aliphatic rings. The van der Waals surface area contributed by atoms with Crippen LogP contribution >= 0.6 is 11.3 Å². The van der Waals surface area contributed by atoms with Gasteiger partial charge in [0.15, 0.2) is 5.43 Å². The molecule has 4 nitrogen and oxygen atoms in total. The van der Waals surface area contributed by atoms with Gasteiger partial charge in [-0.2, -0.15) is 0 Å². The van der Waals surface area contributed by atoms with Gasteiger partial charge in [0, 0.05) is 27.7 Å². The first-order chi connectivity index (χ1) is 9.63. The topological polar surface area (TPSA) is 62.0 Å². The van der Waals surface area contributed by atoms with Crippen LogP contribution in [0.5, 0.6) is 0 Å². The monoisotopic (exact) mass is 288 g/mol. The molecule has 2 aromatic rings. The third-order valence-electron chi connectivity index (χ3n) is 3.52. The lowest BCUT2D eigenvalue weighted by atomic mass is 10.2. The Hall–Kier alpha value is -1.88. The molecule has 0 aromatic carbocycles. The van der Waals surface area contributed by atoms with Gasteiger partial charge in [-0.15, -0.1) is 11.3 Å². The highest BCUT2D eigenvalue weighted by Gasteiger charge is 2.15. The average Bonchev–Trinajstić information content (AvgIpc) is 2.96. The average molecular weight is 288 g/mol. The summed E-state index contributed by atoms with van der Waals surface area (Å²) in [5.74, 6) is -0.320. The Morgan fingerprint density at radius 1 is 1.40 bits per heavy atom. The molecule has 0 radical (unpaired) electrons. The number of carbonyl (C=O) groups is 1. The molecular weight excluding hydrogens is 272 g/mol. The third kappa shape index (κ3) is 2.54. The van der Waals surface area contributed by atoms with Crippen LogP contribution in [0, 0.1) is 6.92 Å². The van der Waals surface area contributed by atoms with Crippen molar-refractivity contribution in [3.05, 3.63) is 55.1 Å². The molecule has 104 valence electrons. The van der Waals surface area contributed by atoms with E-state index in [9.17, 15) is 9.59 Å². The van der Waals surface area contributed by atoms with Crippen LogP contribution in [0.3, 0.4) is 0 Å². The lowest BCUT2D eigenvalue weighted by Gasteiger charge is -2.03. The van der Waals surface area contributed by atoms with Crippen molar-refractivity contribution in [2.45, 2.75) is 32.7 Å². The summed E-state index contributed by atoms with van der Waals surface area (Å²) in [5.41, 5.74) is 2.10. The number of fused-ring (bicyclic) bond motifs is 1. The van der Waals surface area contributed by atoms with Crippen molar-refractivity contribution in [1.82, 2.24) is 10.3 Å². The van der Waals surface area contributed by atoms with E-state index in [-0.39, 0.29) is 16.9 Å². The van der Waals surface area contributed by atoms with E-state index < -0.39 is 0 Å². The molecule has 0 atom stereocenters. The molecule has 3 rings (SSSR count). The Morgan fingerprint density at radius 3 is 3.00 bits per heavy atom. The van der Waals surface area contributed by atoms with Gasteiger partial charge in [-0.1, -0.05) is 0 Å². The molecule has 0 saturated carbocycles. The minimum absolute atomic E-state index is 0.166. The maximum atomic E-state index is 12.0. The number of aryl methyl sites for hydroxylation is 3. The smallest absolute Gasteiger partial charge is 0.257 e. The summed E-state index contributed by atoms with van der Waals surface area (Å²) in [6, 6.07) is 3.61. The number of hydrogen-bond acceptors (Lipinski definition) is 3. The van der Waals surface area contributed by atoms with Gasteiger partial charge in [-0.05, 0) is 37.8 Å². The van der Waals surface area contributed by atoms with Gasteiger partial charge in [-0.25, -0.2) is 0 Å². The second-order valence-electron chi connectivity index (χ2n) is 5.09. The molecule has 1 amide bonds. The molecule has 20 heavy (non-hydrogen) atoms. The van der Waals surface area contributed by atoms with Crippen LogP contribution in [-0.4, -0.2) is 10.9 Å². The number of amides is 1. The first kappa shape index (κ1) is 13.1. The first-order valence-electron chi connectivity index (χ1n) is 6.71. The largest absolute Gasteiger partial charge is 0.364 e. The van der Waals surface area contributed by atoms with Crippen LogP contribution in [0.4, 0.5) is 0 Å². The summed E-state index contributed by atoms with van der Waals surface area (Å²) >= 11 is 1.77. The molecule has 2 heterocycles. The number of aromatic nitrogens is 1. The number of thiophene rings is 1. The van der Waals surface area contributed by atoms with E-state index in [1.54, 1.807) is 18.3 Å². The first-order valence-corrected chi connectivity index (χ1v) is 7.53. The van der Waals surface area contributed by atoms with Crippen molar-refractivity contribution in [2.24, 2.45) is 0 Å². The molecule has 0 saturated heterocycles. The summed E-state index contributed by atoms with van der Waals surface area (Å²) < 4.78 is 0. The maximum Gasteiger partial charge on any atom is 0.257 e. The van der Waals surface area contributed by atoms with Crippen LogP contribution in [0.1, 0.15) is 37.8 Å². The molecule has 0 aliphatic heterocycles. The fourth-order valence-electron chi connectivity index (χ4n) is 2.49. The van der Waals surface area contributed by atoms with Crippen molar-refractivity contribution in [3.63, 3.8) is 0 Å². The van der Waals surface area contributed by atoms with E-state index in [0.29, 0.717) is 6.54 Å². The fraction of sp³-hybridized carbons (Fsp3) is 0.333. The molecule has 0 fully saturated rings. The summed E-state index contributed by atoms with van der Waals surface area (Å²) in [4.78, 5) is 29.2. The normalized spacial score (nSPS) is 13.2. The maximum absolute atomic E-state index is 12.0. The van der Waals surface area contributed by atoms with E-state index in [1.165, 1.54) is 29.1 Å². The van der Waals surface area contributed by atoms with Gasteiger partial charge in [-0.3, -0.25) is 9.59 Å². The minimum atomic E-state index is -0.320. The molecule has 2 N–H and O–H groups in total. The van der Waals surface area contributed by atoms with Crippen LogP contribution in [0.2, 0.25) is 0 Å². The Morgan fingerprint density at radius 2 is 2.25 bits per heavy atom. The molecule has 1 aliphatic carbocycles. The van der Waals surface area contributed by atoms with E-state index in [2.05, 4.69) is 16.4 Å². The SMILES string of the molecule is Cc1cc(=O)c(C(=O)NCc2cc3c(s2)CCC3)c[nH]1. The predicted molar refractivity (Wildman–Crippen MR) is 79.3 cm³/mol. The van der Waals surface area contributed by atoms with Crippen molar-refractivity contribution >= 4 is 17.2 Å². The Labute approximate surface area is 120 Å². The summed E-state index contributed by atoms with van der Waals surface area (Å²) in [6.45, 7) is 2.28. The van der Waals surface area contributed by atoms with Gasteiger partial charge in [0.1, 0.15) is 5.56 Å². The number of pyridine rings is 1. The Balaban J connectivity index is 1.68. The van der Waals surface area contributed by atoms with E-state index in [1.807, 2.05) is 0 Å². The van der Waals surface area contributed by atoms with Crippen LogP contribution in [0.15, 0.2) is 23.1 Å². The quantitative estimate of drug-likeness (QED) is 0.909. The zero-order chi connectivity index (χ0) is 14.1. The van der Waals surface area contributed by atoms with Gasteiger partial charge in [0.25, 0.3) is 5.91 Å². The molecule has 5 heteroatoms. The van der Waals surface area contributed by atoms with E-state index >= 15 is 0 Å². The van der Waals surface area contributed by atoms with Crippen LogP contribution in [-0.2, 0) is 19.4 Å². The molecule has 2 aromatic heterocycles. The van der Waals surface area contributed by atoms with Gasteiger partial charge < -0.3 is 10.3 Å². The van der Waals surface area contributed by atoms with Crippen molar-refractivity contribution in [2.75, 3.05) is 0 Å². The molecule has 0 unspecified atom stereocenters. The highest BCUT2D eigenvalue weighted by molar-refractivity contribution is 7.12. The Kier molecular flexibility index (Phi) is 3.44. The van der Waals surface area contributed by atoms with Gasteiger partial charge >= 0.3 is 0 Å². The van der Waals surface area contributed by atoms with Gasteiger partial charge in [0.2, 0.25) is 0 Å². The van der Waals surface area contributed by atoms with Crippen LogP contribution < -0.4 is 10.7 Å². The summed E-state index contributed by atoms with van der Waals surface area (Å²) in [5, 5.41) is 2.82.